The van der Waals surface area contributed by atoms with Crippen LogP contribution in [0.15, 0.2) is 24.3 Å². The van der Waals surface area contributed by atoms with Crippen LogP contribution in [0.1, 0.15) is 69.3 Å². The second-order valence-corrected chi connectivity index (χ2v) is 7.56. The molecule has 0 spiro atoms. The average molecular weight is 288 g/mol. The first-order valence-electron chi connectivity index (χ1n) is 7.99. The number of carbonyl (C=O) groups is 1. The smallest absolute Gasteiger partial charge is 0.194 e. The van der Waals surface area contributed by atoms with Gasteiger partial charge in [0.05, 0.1) is 0 Å². The summed E-state index contributed by atoms with van der Waals surface area (Å²) >= 11 is 0. The molecule has 0 radical (unpaired) electrons. The van der Waals surface area contributed by atoms with E-state index in [2.05, 4.69) is 39.8 Å². The van der Waals surface area contributed by atoms with Crippen LogP contribution in [0.3, 0.4) is 0 Å². The summed E-state index contributed by atoms with van der Waals surface area (Å²) in [5.41, 5.74) is 1.53. The molecule has 0 aliphatic heterocycles. The van der Waals surface area contributed by atoms with Crippen molar-refractivity contribution in [3.05, 3.63) is 35.4 Å². The van der Waals surface area contributed by atoms with E-state index in [0.717, 1.165) is 24.8 Å². The SMILES string of the molecule is COC1(C(=O)c2ccc(C(C)(C)C)cc2)CCCC(C)C1. The van der Waals surface area contributed by atoms with Crippen LogP contribution in [-0.4, -0.2) is 18.5 Å². The van der Waals surface area contributed by atoms with Gasteiger partial charge in [-0.2, -0.15) is 0 Å². The van der Waals surface area contributed by atoms with Gasteiger partial charge >= 0.3 is 0 Å². The van der Waals surface area contributed by atoms with E-state index >= 15 is 0 Å². The monoisotopic (exact) mass is 288 g/mol. The molecule has 1 aromatic rings. The molecule has 21 heavy (non-hydrogen) atoms. The first-order chi connectivity index (χ1) is 9.78. The van der Waals surface area contributed by atoms with Crippen LogP contribution >= 0.6 is 0 Å². The maximum Gasteiger partial charge on any atom is 0.194 e. The minimum atomic E-state index is -0.610. The van der Waals surface area contributed by atoms with Crippen molar-refractivity contribution < 1.29 is 9.53 Å². The fourth-order valence-electron chi connectivity index (χ4n) is 3.37. The van der Waals surface area contributed by atoms with Gasteiger partial charge in [0.25, 0.3) is 0 Å². The van der Waals surface area contributed by atoms with E-state index in [-0.39, 0.29) is 11.2 Å². The van der Waals surface area contributed by atoms with Crippen molar-refractivity contribution >= 4 is 5.78 Å². The molecular weight excluding hydrogens is 260 g/mol. The normalized spacial score (nSPS) is 26.6. The fraction of sp³-hybridized carbons (Fsp3) is 0.632. The van der Waals surface area contributed by atoms with Crippen molar-refractivity contribution in [3.8, 4) is 0 Å². The van der Waals surface area contributed by atoms with Crippen molar-refractivity contribution in [2.24, 2.45) is 5.92 Å². The molecule has 0 heterocycles. The summed E-state index contributed by atoms with van der Waals surface area (Å²) in [6.45, 7) is 8.76. The van der Waals surface area contributed by atoms with Crippen LogP contribution in [0.25, 0.3) is 0 Å². The summed E-state index contributed by atoms with van der Waals surface area (Å²) < 4.78 is 5.71. The van der Waals surface area contributed by atoms with Crippen LogP contribution in [0.4, 0.5) is 0 Å². The molecule has 2 rings (SSSR count). The van der Waals surface area contributed by atoms with Crippen molar-refractivity contribution in [1.29, 1.82) is 0 Å². The first kappa shape index (κ1) is 16.2. The Balaban J connectivity index is 2.26. The van der Waals surface area contributed by atoms with Gasteiger partial charge in [0.15, 0.2) is 5.78 Å². The number of Topliss-reactive ketones (excluding diaryl/α,β-unsaturated/α-hetero) is 1. The minimum absolute atomic E-state index is 0.111. The van der Waals surface area contributed by atoms with Crippen molar-refractivity contribution in [1.82, 2.24) is 0 Å². The van der Waals surface area contributed by atoms with Crippen LogP contribution < -0.4 is 0 Å². The number of carbonyl (C=O) groups excluding carboxylic acids is 1. The van der Waals surface area contributed by atoms with E-state index in [0.29, 0.717) is 5.92 Å². The standard InChI is InChI=1S/C19H28O2/c1-14-7-6-12-19(13-14,21-5)17(20)15-8-10-16(11-9-15)18(2,3)4/h8-11,14H,6-7,12-13H2,1-5H3. The zero-order valence-electron chi connectivity index (χ0n) is 14.0. The van der Waals surface area contributed by atoms with Gasteiger partial charge in [-0.3, -0.25) is 4.79 Å². The molecule has 0 amide bonds. The van der Waals surface area contributed by atoms with E-state index < -0.39 is 5.60 Å². The molecule has 1 aliphatic rings. The number of hydrogen-bond acceptors (Lipinski definition) is 2. The Morgan fingerprint density at radius 2 is 1.86 bits per heavy atom. The summed E-state index contributed by atoms with van der Waals surface area (Å²) in [6.07, 6.45) is 3.94. The second kappa shape index (κ2) is 5.92. The number of ether oxygens (including phenoxy) is 1. The largest absolute Gasteiger partial charge is 0.370 e. The van der Waals surface area contributed by atoms with Gasteiger partial charge in [0, 0.05) is 12.7 Å². The van der Waals surface area contributed by atoms with Crippen LogP contribution in [0, 0.1) is 5.92 Å². The predicted molar refractivity (Wildman–Crippen MR) is 86.8 cm³/mol. The zero-order valence-corrected chi connectivity index (χ0v) is 14.0. The summed E-state index contributed by atoms with van der Waals surface area (Å²) in [5, 5.41) is 0. The molecule has 1 aromatic carbocycles. The molecule has 116 valence electrons. The maximum atomic E-state index is 12.9. The highest BCUT2D eigenvalue weighted by Crippen LogP contribution is 2.37. The lowest BCUT2D eigenvalue weighted by atomic mass is 9.74. The van der Waals surface area contributed by atoms with E-state index in [1.807, 2.05) is 12.1 Å². The molecule has 2 atom stereocenters. The summed E-state index contributed by atoms with van der Waals surface area (Å²) in [4.78, 5) is 12.9. The Labute approximate surface area is 128 Å². The number of rotatable bonds is 3. The molecule has 0 bridgehead atoms. The molecule has 0 N–H and O–H groups in total. The van der Waals surface area contributed by atoms with Gasteiger partial charge < -0.3 is 4.74 Å². The molecule has 1 aliphatic carbocycles. The van der Waals surface area contributed by atoms with Gasteiger partial charge in [-0.1, -0.05) is 58.4 Å². The minimum Gasteiger partial charge on any atom is -0.370 e. The maximum absolute atomic E-state index is 12.9. The van der Waals surface area contributed by atoms with Crippen LogP contribution in [-0.2, 0) is 10.2 Å². The third-order valence-corrected chi connectivity index (χ3v) is 4.77. The summed E-state index contributed by atoms with van der Waals surface area (Å²) in [7, 11) is 1.68. The molecule has 1 fully saturated rings. The van der Waals surface area contributed by atoms with Gasteiger partial charge in [-0.05, 0) is 36.2 Å². The Kier molecular flexibility index (Phi) is 4.57. The third kappa shape index (κ3) is 3.37. The first-order valence-corrected chi connectivity index (χ1v) is 7.99. The number of ketones is 1. The lowest BCUT2D eigenvalue weighted by molar-refractivity contribution is -0.0302. The Morgan fingerprint density at radius 3 is 2.33 bits per heavy atom. The summed E-state index contributed by atoms with van der Waals surface area (Å²) in [6, 6.07) is 8.07. The van der Waals surface area contributed by atoms with E-state index in [1.54, 1.807) is 7.11 Å². The number of methoxy groups -OCH3 is 1. The highest BCUT2D eigenvalue weighted by atomic mass is 16.5. The predicted octanol–water partition coefficient (Wildman–Crippen LogP) is 4.76. The van der Waals surface area contributed by atoms with E-state index in [9.17, 15) is 4.79 Å². The molecular formula is C19H28O2. The zero-order chi connectivity index (χ0) is 15.7. The lowest BCUT2D eigenvalue weighted by Gasteiger charge is -2.37. The third-order valence-electron chi connectivity index (χ3n) is 4.77. The van der Waals surface area contributed by atoms with Gasteiger partial charge in [0.2, 0.25) is 0 Å². The Hall–Kier alpha value is -1.15. The van der Waals surface area contributed by atoms with Crippen LogP contribution in [0.5, 0.6) is 0 Å². The second-order valence-electron chi connectivity index (χ2n) is 7.56. The fourth-order valence-corrected chi connectivity index (χ4v) is 3.37. The van der Waals surface area contributed by atoms with Crippen molar-refractivity contribution in [3.63, 3.8) is 0 Å². The van der Waals surface area contributed by atoms with Gasteiger partial charge in [0.1, 0.15) is 5.60 Å². The van der Waals surface area contributed by atoms with Crippen LogP contribution in [0.2, 0.25) is 0 Å². The Bertz CT molecular complexity index is 495. The highest BCUT2D eigenvalue weighted by Gasteiger charge is 2.42. The van der Waals surface area contributed by atoms with E-state index in [4.69, 9.17) is 4.74 Å². The lowest BCUT2D eigenvalue weighted by Crippen LogP contribution is -2.44. The van der Waals surface area contributed by atoms with Gasteiger partial charge in [-0.15, -0.1) is 0 Å². The molecule has 0 saturated heterocycles. The topological polar surface area (TPSA) is 26.3 Å². The molecule has 0 aromatic heterocycles. The Morgan fingerprint density at radius 1 is 1.24 bits per heavy atom. The van der Waals surface area contributed by atoms with Gasteiger partial charge in [-0.25, -0.2) is 0 Å². The molecule has 2 unspecified atom stereocenters. The van der Waals surface area contributed by atoms with E-state index in [1.165, 1.54) is 12.0 Å². The molecule has 2 nitrogen and oxygen atoms in total. The molecule has 1 saturated carbocycles. The number of benzene rings is 1. The average Bonchev–Trinajstić information content (AvgIpc) is 2.45. The summed E-state index contributed by atoms with van der Waals surface area (Å²) in [5.74, 6) is 0.702. The number of hydrogen-bond donors (Lipinski definition) is 0. The molecule has 2 heteroatoms. The van der Waals surface area contributed by atoms with Crippen molar-refractivity contribution in [2.75, 3.05) is 7.11 Å². The highest BCUT2D eigenvalue weighted by molar-refractivity contribution is 6.02. The van der Waals surface area contributed by atoms with Crippen molar-refractivity contribution in [2.45, 2.75) is 64.4 Å². The quantitative estimate of drug-likeness (QED) is 0.749.